The Labute approximate surface area is 154 Å². The smallest absolute Gasteiger partial charge is 0.227 e. The molecule has 0 spiro atoms. The van der Waals surface area contributed by atoms with Crippen LogP contribution in [0.4, 0.5) is 5.69 Å². The lowest BCUT2D eigenvalue weighted by molar-refractivity contribution is -0.130. The Hall–Kier alpha value is -2.75. The van der Waals surface area contributed by atoms with Crippen molar-refractivity contribution in [3.63, 3.8) is 0 Å². The first kappa shape index (κ1) is 16.7. The summed E-state index contributed by atoms with van der Waals surface area (Å²) >= 11 is 0. The summed E-state index contributed by atoms with van der Waals surface area (Å²) in [5.74, 6) is 0.179. The van der Waals surface area contributed by atoms with Crippen molar-refractivity contribution in [3.05, 3.63) is 65.4 Å². The summed E-state index contributed by atoms with van der Waals surface area (Å²) in [5.41, 5.74) is 5.48. The number of carbonyl (C=O) groups is 1. The van der Waals surface area contributed by atoms with Crippen molar-refractivity contribution in [1.82, 2.24) is 4.90 Å². The van der Waals surface area contributed by atoms with Gasteiger partial charge in [0.25, 0.3) is 0 Å². The molecule has 134 valence electrons. The molecule has 4 rings (SSSR count). The van der Waals surface area contributed by atoms with Gasteiger partial charge < -0.3 is 14.2 Å². The van der Waals surface area contributed by atoms with Crippen molar-refractivity contribution < 1.29 is 9.21 Å². The number of benzene rings is 2. The minimum absolute atomic E-state index is 0.179. The molecule has 0 atom stereocenters. The second-order valence-electron chi connectivity index (χ2n) is 7.03. The molecule has 26 heavy (non-hydrogen) atoms. The Morgan fingerprint density at radius 1 is 1.00 bits per heavy atom. The van der Waals surface area contributed by atoms with E-state index < -0.39 is 0 Å². The van der Waals surface area contributed by atoms with Crippen molar-refractivity contribution in [2.45, 2.75) is 20.3 Å². The number of carbonyl (C=O) groups excluding carboxylic acids is 1. The number of nitrogens with zero attached hydrogens (tertiary/aromatic N) is 2. The SMILES string of the molecule is Cc1ccc2c(CC(=O)N3CCN(c4ccccc4)CC3)coc2c1C. The van der Waals surface area contributed by atoms with Crippen LogP contribution in [0, 0.1) is 13.8 Å². The molecular formula is C22H24N2O2. The summed E-state index contributed by atoms with van der Waals surface area (Å²) < 4.78 is 5.74. The van der Waals surface area contributed by atoms with E-state index in [0.717, 1.165) is 48.3 Å². The minimum Gasteiger partial charge on any atom is -0.464 e. The molecule has 2 heterocycles. The second kappa shape index (κ2) is 6.87. The van der Waals surface area contributed by atoms with Crippen LogP contribution in [0.15, 0.2) is 53.1 Å². The molecular weight excluding hydrogens is 324 g/mol. The zero-order chi connectivity index (χ0) is 18.1. The van der Waals surface area contributed by atoms with E-state index in [0.29, 0.717) is 6.42 Å². The normalized spacial score (nSPS) is 14.8. The third-order valence-electron chi connectivity index (χ3n) is 5.44. The van der Waals surface area contributed by atoms with E-state index in [4.69, 9.17) is 4.42 Å². The fourth-order valence-corrected chi connectivity index (χ4v) is 3.65. The van der Waals surface area contributed by atoms with Crippen molar-refractivity contribution >= 4 is 22.6 Å². The maximum absolute atomic E-state index is 12.8. The van der Waals surface area contributed by atoms with Crippen molar-refractivity contribution in [2.75, 3.05) is 31.1 Å². The molecule has 4 heteroatoms. The molecule has 4 nitrogen and oxygen atoms in total. The molecule has 1 amide bonds. The van der Waals surface area contributed by atoms with Gasteiger partial charge in [0.1, 0.15) is 5.58 Å². The van der Waals surface area contributed by atoms with Crippen LogP contribution in [0.25, 0.3) is 11.0 Å². The van der Waals surface area contributed by atoms with Gasteiger partial charge in [-0.3, -0.25) is 4.79 Å². The van der Waals surface area contributed by atoms with Gasteiger partial charge in [0, 0.05) is 42.8 Å². The molecule has 0 bridgehead atoms. The average Bonchev–Trinajstić information content (AvgIpc) is 3.09. The standard InChI is InChI=1S/C22H24N2O2/c1-16-8-9-20-18(15-26-22(20)17(16)2)14-21(25)24-12-10-23(11-13-24)19-6-4-3-5-7-19/h3-9,15H,10-14H2,1-2H3. The van der Waals surface area contributed by atoms with E-state index in [1.807, 2.05) is 11.0 Å². The van der Waals surface area contributed by atoms with E-state index in [1.54, 1.807) is 6.26 Å². The van der Waals surface area contributed by atoms with E-state index >= 15 is 0 Å². The summed E-state index contributed by atoms with van der Waals surface area (Å²) in [6, 6.07) is 14.6. The number of aryl methyl sites for hydroxylation is 2. The lowest BCUT2D eigenvalue weighted by atomic mass is 10.0. The van der Waals surface area contributed by atoms with Crippen LogP contribution in [-0.4, -0.2) is 37.0 Å². The maximum Gasteiger partial charge on any atom is 0.227 e. The Morgan fingerprint density at radius 3 is 2.46 bits per heavy atom. The van der Waals surface area contributed by atoms with Crippen molar-refractivity contribution in [1.29, 1.82) is 0 Å². The topological polar surface area (TPSA) is 36.7 Å². The van der Waals surface area contributed by atoms with Crippen LogP contribution >= 0.6 is 0 Å². The summed E-state index contributed by atoms with van der Waals surface area (Å²) in [7, 11) is 0. The first-order valence-electron chi connectivity index (χ1n) is 9.17. The van der Waals surface area contributed by atoms with Gasteiger partial charge in [-0.25, -0.2) is 0 Å². The Balaban J connectivity index is 1.43. The predicted octanol–water partition coefficient (Wildman–Crippen LogP) is 3.94. The molecule has 2 aromatic carbocycles. The molecule has 0 saturated carbocycles. The fraction of sp³-hybridized carbons (Fsp3) is 0.318. The lowest BCUT2D eigenvalue weighted by Crippen LogP contribution is -2.49. The predicted molar refractivity (Wildman–Crippen MR) is 105 cm³/mol. The Kier molecular flexibility index (Phi) is 4.41. The number of anilines is 1. The zero-order valence-electron chi connectivity index (χ0n) is 15.4. The summed E-state index contributed by atoms with van der Waals surface area (Å²) in [6.45, 7) is 7.42. The van der Waals surface area contributed by atoms with Gasteiger partial charge in [0.2, 0.25) is 5.91 Å². The van der Waals surface area contributed by atoms with E-state index in [2.05, 4.69) is 55.1 Å². The fourth-order valence-electron chi connectivity index (χ4n) is 3.65. The summed E-state index contributed by atoms with van der Waals surface area (Å²) in [6.07, 6.45) is 2.15. The van der Waals surface area contributed by atoms with E-state index in [-0.39, 0.29) is 5.91 Å². The highest BCUT2D eigenvalue weighted by Crippen LogP contribution is 2.27. The number of amides is 1. The largest absolute Gasteiger partial charge is 0.464 e. The number of rotatable bonds is 3. The van der Waals surface area contributed by atoms with Gasteiger partial charge in [-0.2, -0.15) is 0 Å². The van der Waals surface area contributed by atoms with E-state index in [9.17, 15) is 4.79 Å². The van der Waals surface area contributed by atoms with Crippen LogP contribution in [0.2, 0.25) is 0 Å². The van der Waals surface area contributed by atoms with Gasteiger partial charge in [-0.15, -0.1) is 0 Å². The number of piperazine rings is 1. The molecule has 1 aliphatic rings. The molecule has 1 saturated heterocycles. The molecule has 1 fully saturated rings. The van der Waals surface area contributed by atoms with Crippen molar-refractivity contribution in [2.24, 2.45) is 0 Å². The number of para-hydroxylation sites is 1. The van der Waals surface area contributed by atoms with Gasteiger partial charge in [0.15, 0.2) is 0 Å². The zero-order valence-corrected chi connectivity index (χ0v) is 15.4. The van der Waals surface area contributed by atoms with Gasteiger partial charge in [0.05, 0.1) is 12.7 Å². The van der Waals surface area contributed by atoms with Crippen LogP contribution in [0.5, 0.6) is 0 Å². The average molecular weight is 348 g/mol. The van der Waals surface area contributed by atoms with Crippen LogP contribution in [0.3, 0.4) is 0 Å². The summed E-state index contributed by atoms with van der Waals surface area (Å²) in [4.78, 5) is 17.1. The third kappa shape index (κ3) is 3.07. The molecule has 0 radical (unpaired) electrons. The highest BCUT2D eigenvalue weighted by molar-refractivity contribution is 5.89. The first-order valence-corrected chi connectivity index (χ1v) is 9.17. The van der Waals surface area contributed by atoms with Crippen LogP contribution in [0.1, 0.15) is 16.7 Å². The second-order valence-corrected chi connectivity index (χ2v) is 7.03. The van der Waals surface area contributed by atoms with Crippen molar-refractivity contribution in [3.8, 4) is 0 Å². The van der Waals surface area contributed by atoms with Gasteiger partial charge in [-0.05, 0) is 37.1 Å². The minimum atomic E-state index is 0.179. The monoisotopic (exact) mass is 348 g/mol. The molecule has 3 aromatic rings. The number of hydrogen-bond acceptors (Lipinski definition) is 3. The quantitative estimate of drug-likeness (QED) is 0.719. The molecule has 0 unspecified atom stereocenters. The number of fused-ring (bicyclic) bond motifs is 1. The molecule has 0 aliphatic carbocycles. The molecule has 0 N–H and O–H groups in total. The lowest BCUT2D eigenvalue weighted by Gasteiger charge is -2.36. The van der Waals surface area contributed by atoms with E-state index in [1.165, 1.54) is 11.3 Å². The van der Waals surface area contributed by atoms with Gasteiger partial charge >= 0.3 is 0 Å². The van der Waals surface area contributed by atoms with Crippen LogP contribution in [-0.2, 0) is 11.2 Å². The third-order valence-corrected chi connectivity index (χ3v) is 5.44. The van der Waals surface area contributed by atoms with Crippen LogP contribution < -0.4 is 4.90 Å². The number of hydrogen-bond donors (Lipinski definition) is 0. The first-order chi connectivity index (χ1) is 12.6. The highest BCUT2D eigenvalue weighted by atomic mass is 16.3. The number of furan rings is 1. The molecule has 1 aromatic heterocycles. The summed E-state index contributed by atoms with van der Waals surface area (Å²) in [5, 5.41) is 1.06. The maximum atomic E-state index is 12.8. The Bertz CT molecular complexity index is 922. The van der Waals surface area contributed by atoms with Gasteiger partial charge in [-0.1, -0.05) is 30.3 Å². The Morgan fingerprint density at radius 2 is 1.73 bits per heavy atom. The highest BCUT2D eigenvalue weighted by Gasteiger charge is 2.22. The molecule has 1 aliphatic heterocycles.